The summed E-state index contributed by atoms with van der Waals surface area (Å²) in [6.07, 6.45) is 2.63. The quantitative estimate of drug-likeness (QED) is 0.382. The highest BCUT2D eigenvalue weighted by Crippen LogP contribution is 2.47. The molecule has 1 saturated carbocycles. The maximum Gasteiger partial charge on any atom is 0.320 e. The lowest BCUT2D eigenvalue weighted by molar-refractivity contribution is -0.156. The number of hydrogen-bond acceptors (Lipinski definition) is 5. The molecule has 0 amide bonds. The van der Waals surface area contributed by atoms with Crippen LogP contribution < -0.4 is 0 Å². The second kappa shape index (κ2) is 3.81. The van der Waals surface area contributed by atoms with Crippen LogP contribution in [0, 0.1) is 17.3 Å². The molecule has 5 heteroatoms. The zero-order valence-electron chi connectivity index (χ0n) is 8.68. The van der Waals surface area contributed by atoms with Gasteiger partial charge in [0, 0.05) is 11.8 Å². The van der Waals surface area contributed by atoms with E-state index in [-0.39, 0.29) is 18.3 Å². The first-order valence-corrected chi connectivity index (χ1v) is 5.25. The van der Waals surface area contributed by atoms with E-state index in [1.54, 1.807) is 0 Å². The fourth-order valence-corrected chi connectivity index (χ4v) is 2.76. The third-order valence-corrected chi connectivity index (χ3v) is 3.42. The molecule has 16 heavy (non-hydrogen) atoms. The second-order valence-electron chi connectivity index (χ2n) is 4.65. The number of carbonyl (C=O) groups excluding carboxylic acids is 4. The van der Waals surface area contributed by atoms with Gasteiger partial charge in [-0.25, -0.2) is 0 Å². The Hall–Kier alpha value is -1.52. The Balaban J connectivity index is 2.26. The molecule has 1 saturated heterocycles. The number of hydrogen-bond donors (Lipinski definition) is 0. The van der Waals surface area contributed by atoms with Crippen molar-refractivity contribution in [3.8, 4) is 0 Å². The van der Waals surface area contributed by atoms with Crippen molar-refractivity contribution in [2.75, 3.05) is 0 Å². The van der Waals surface area contributed by atoms with E-state index in [1.807, 2.05) is 0 Å². The first kappa shape index (κ1) is 11.0. The Kier molecular flexibility index (Phi) is 2.61. The molecule has 1 aliphatic heterocycles. The largest absolute Gasteiger partial charge is 0.393 e. The normalized spacial score (nSPS) is 38.5. The van der Waals surface area contributed by atoms with Gasteiger partial charge in [0.2, 0.25) is 0 Å². The minimum absolute atomic E-state index is 0.000509. The van der Waals surface area contributed by atoms with Gasteiger partial charge in [-0.2, -0.15) is 0 Å². The molecule has 2 fully saturated rings. The molecule has 0 aromatic carbocycles. The van der Waals surface area contributed by atoms with Crippen LogP contribution in [0.5, 0.6) is 0 Å². The highest BCUT2D eigenvalue weighted by molar-refractivity contribution is 5.97. The molecule has 2 rings (SSSR count). The molecule has 0 radical (unpaired) electrons. The van der Waals surface area contributed by atoms with E-state index in [0.29, 0.717) is 19.3 Å². The van der Waals surface area contributed by atoms with Gasteiger partial charge >= 0.3 is 11.9 Å². The number of rotatable bonds is 2. The van der Waals surface area contributed by atoms with Crippen LogP contribution in [0.1, 0.15) is 25.7 Å². The number of cyclic esters (lactones) is 2. The molecule has 2 unspecified atom stereocenters. The summed E-state index contributed by atoms with van der Waals surface area (Å²) in [6.45, 7) is 0. The Bertz CT molecular complexity index is 343. The molecular formula is C11H12O5. The van der Waals surface area contributed by atoms with Crippen LogP contribution in [0.3, 0.4) is 0 Å². The molecule has 86 valence electrons. The van der Waals surface area contributed by atoms with E-state index >= 15 is 0 Å². The SMILES string of the molecule is O=CC1CC(C=O)CC2(CC(=O)OC2=O)C1. The third-order valence-electron chi connectivity index (χ3n) is 3.42. The van der Waals surface area contributed by atoms with Crippen LogP contribution in [0.15, 0.2) is 0 Å². The summed E-state index contributed by atoms with van der Waals surface area (Å²) in [5, 5.41) is 0. The van der Waals surface area contributed by atoms with Crippen LogP contribution >= 0.6 is 0 Å². The van der Waals surface area contributed by atoms with Gasteiger partial charge in [0.1, 0.15) is 12.6 Å². The average molecular weight is 224 g/mol. The van der Waals surface area contributed by atoms with Gasteiger partial charge < -0.3 is 14.3 Å². The summed E-state index contributed by atoms with van der Waals surface area (Å²) in [5.74, 6) is -1.79. The van der Waals surface area contributed by atoms with Crippen molar-refractivity contribution < 1.29 is 23.9 Å². The standard InChI is InChI=1S/C11H12O5/c12-5-7-1-8(6-13)3-11(2-7)4-9(14)16-10(11)15/h5-8H,1-4H2. The molecule has 1 spiro atoms. The van der Waals surface area contributed by atoms with Crippen molar-refractivity contribution in [1.29, 1.82) is 0 Å². The van der Waals surface area contributed by atoms with Crippen molar-refractivity contribution in [3.05, 3.63) is 0 Å². The van der Waals surface area contributed by atoms with Crippen molar-refractivity contribution >= 4 is 24.5 Å². The lowest BCUT2D eigenvalue weighted by Gasteiger charge is -2.34. The predicted octanol–water partition coefficient (Wildman–Crippen LogP) is 0.260. The van der Waals surface area contributed by atoms with Gasteiger partial charge in [0.05, 0.1) is 11.8 Å². The maximum absolute atomic E-state index is 11.6. The molecule has 0 N–H and O–H groups in total. The summed E-state index contributed by atoms with van der Waals surface area (Å²) in [4.78, 5) is 44.3. The molecule has 0 aromatic rings. The second-order valence-corrected chi connectivity index (χ2v) is 4.65. The van der Waals surface area contributed by atoms with Crippen LogP contribution in [0.4, 0.5) is 0 Å². The van der Waals surface area contributed by atoms with E-state index in [1.165, 1.54) is 0 Å². The third kappa shape index (κ3) is 1.66. The molecular weight excluding hydrogens is 212 g/mol. The monoisotopic (exact) mass is 224 g/mol. The summed E-state index contributed by atoms with van der Waals surface area (Å²) < 4.78 is 4.53. The molecule has 1 aliphatic carbocycles. The summed E-state index contributed by atoms with van der Waals surface area (Å²) in [7, 11) is 0. The Morgan fingerprint density at radius 1 is 1.12 bits per heavy atom. The van der Waals surface area contributed by atoms with Crippen molar-refractivity contribution in [2.45, 2.75) is 25.7 Å². The lowest BCUT2D eigenvalue weighted by Crippen LogP contribution is -2.38. The van der Waals surface area contributed by atoms with Crippen molar-refractivity contribution in [1.82, 2.24) is 0 Å². The van der Waals surface area contributed by atoms with Gasteiger partial charge in [-0.1, -0.05) is 0 Å². The van der Waals surface area contributed by atoms with Gasteiger partial charge in [0.25, 0.3) is 0 Å². The number of aldehydes is 2. The topological polar surface area (TPSA) is 77.5 Å². The van der Waals surface area contributed by atoms with Crippen molar-refractivity contribution in [2.24, 2.45) is 17.3 Å². The van der Waals surface area contributed by atoms with Gasteiger partial charge in [-0.3, -0.25) is 9.59 Å². The van der Waals surface area contributed by atoms with Crippen molar-refractivity contribution in [3.63, 3.8) is 0 Å². The fraction of sp³-hybridized carbons (Fsp3) is 0.636. The molecule has 1 heterocycles. The Labute approximate surface area is 92.1 Å². The molecule has 2 atom stereocenters. The first-order chi connectivity index (χ1) is 7.59. The average Bonchev–Trinajstić information content (AvgIpc) is 2.52. The summed E-state index contributed by atoms with van der Waals surface area (Å²) >= 11 is 0. The molecule has 0 bridgehead atoms. The van der Waals surface area contributed by atoms with E-state index < -0.39 is 17.4 Å². The Morgan fingerprint density at radius 3 is 2.06 bits per heavy atom. The van der Waals surface area contributed by atoms with Gasteiger partial charge in [-0.05, 0) is 19.3 Å². The van der Waals surface area contributed by atoms with Gasteiger partial charge in [0.15, 0.2) is 0 Å². The van der Waals surface area contributed by atoms with E-state index in [0.717, 1.165) is 12.6 Å². The highest BCUT2D eigenvalue weighted by Gasteiger charge is 2.53. The number of esters is 2. The molecule has 2 aliphatic rings. The van der Waals surface area contributed by atoms with Gasteiger partial charge in [-0.15, -0.1) is 0 Å². The minimum Gasteiger partial charge on any atom is -0.393 e. The fourth-order valence-electron chi connectivity index (χ4n) is 2.76. The highest BCUT2D eigenvalue weighted by atomic mass is 16.6. The minimum atomic E-state index is -0.924. The zero-order chi connectivity index (χ0) is 11.8. The van der Waals surface area contributed by atoms with Crippen LogP contribution in [0.25, 0.3) is 0 Å². The smallest absolute Gasteiger partial charge is 0.320 e. The maximum atomic E-state index is 11.6. The Morgan fingerprint density at radius 2 is 1.69 bits per heavy atom. The first-order valence-electron chi connectivity index (χ1n) is 5.25. The predicted molar refractivity (Wildman–Crippen MR) is 51.1 cm³/mol. The lowest BCUT2D eigenvalue weighted by atomic mass is 9.65. The molecule has 0 aromatic heterocycles. The van der Waals surface area contributed by atoms with Crippen LogP contribution in [0.2, 0.25) is 0 Å². The molecule has 5 nitrogen and oxygen atoms in total. The van der Waals surface area contributed by atoms with Crippen LogP contribution in [-0.2, 0) is 23.9 Å². The van der Waals surface area contributed by atoms with Crippen LogP contribution in [-0.4, -0.2) is 24.5 Å². The number of carbonyl (C=O) groups is 4. The number of ether oxygens (including phenoxy) is 1. The van der Waals surface area contributed by atoms with E-state index in [9.17, 15) is 19.2 Å². The van der Waals surface area contributed by atoms with E-state index in [4.69, 9.17) is 0 Å². The van der Waals surface area contributed by atoms with E-state index in [2.05, 4.69) is 4.74 Å². The zero-order valence-corrected chi connectivity index (χ0v) is 8.68. The summed E-state index contributed by atoms with van der Waals surface area (Å²) in [6, 6.07) is 0. The summed E-state index contributed by atoms with van der Waals surface area (Å²) in [5.41, 5.74) is -0.924.